The minimum atomic E-state index is -1.08. The number of hydrogen-bond acceptors (Lipinski definition) is 3. The average molecular weight is 333 g/mol. The van der Waals surface area contributed by atoms with Crippen molar-refractivity contribution in [1.82, 2.24) is 14.0 Å². The predicted molar refractivity (Wildman–Crippen MR) is 94.2 cm³/mol. The highest BCUT2D eigenvalue weighted by atomic mass is 16.4. The van der Waals surface area contributed by atoms with Crippen molar-refractivity contribution in [2.24, 2.45) is 0 Å². The molecule has 0 aliphatic heterocycles. The minimum Gasteiger partial charge on any atom is -0.477 e. The fourth-order valence-electron chi connectivity index (χ4n) is 2.97. The molecule has 1 N–H and O–H groups in total. The number of nitrogens with zero attached hydrogens (tertiary/aromatic N) is 3. The highest BCUT2D eigenvalue weighted by Crippen LogP contribution is 2.19. The third kappa shape index (κ3) is 2.48. The van der Waals surface area contributed by atoms with Gasteiger partial charge in [-0.1, -0.05) is 35.9 Å². The molecule has 0 amide bonds. The lowest BCUT2D eigenvalue weighted by Gasteiger charge is -2.09. The monoisotopic (exact) mass is 333 g/mol. The molecular weight excluding hydrogens is 318 g/mol. The SMILES string of the molecule is Cc1ccc(Cn2c(C(=O)O)cc3c(=O)n4ccccc4nc32)cc1. The van der Waals surface area contributed by atoms with Crippen LogP contribution in [0.3, 0.4) is 0 Å². The lowest BCUT2D eigenvalue weighted by Crippen LogP contribution is -2.15. The van der Waals surface area contributed by atoms with E-state index in [1.54, 1.807) is 29.0 Å². The molecule has 0 fully saturated rings. The number of hydrogen-bond donors (Lipinski definition) is 1. The van der Waals surface area contributed by atoms with Gasteiger partial charge >= 0.3 is 5.97 Å². The molecule has 0 unspecified atom stereocenters. The second kappa shape index (κ2) is 5.59. The zero-order chi connectivity index (χ0) is 17.6. The fourth-order valence-corrected chi connectivity index (χ4v) is 2.97. The molecule has 0 aliphatic carbocycles. The van der Waals surface area contributed by atoms with Gasteiger partial charge in [-0.05, 0) is 30.7 Å². The smallest absolute Gasteiger partial charge is 0.352 e. The van der Waals surface area contributed by atoms with Crippen LogP contribution in [0.5, 0.6) is 0 Å². The van der Waals surface area contributed by atoms with E-state index in [0.717, 1.165) is 11.1 Å². The maximum absolute atomic E-state index is 12.7. The maximum atomic E-state index is 12.7. The second-order valence-electron chi connectivity index (χ2n) is 5.99. The third-order valence-corrected chi connectivity index (χ3v) is 4.26. The molecule has 25 heavy (non-hydrogen) atoms. The summed E-state index contributed by atoms with van der Waals surface area (Å²) in [4.78, 5) is 28.9. The summed E-state index contributed by atoms with van der Waals surface area (Å²) >= 11 is 0. The van der Waals surface area contributed by atoms with Gasteiger partial charge in [0.15, 0.2) is 0 Å². The van der Waals surface area contributed by atoms with Crippen LogP contribution in [0.15, 0.2) is 59.5 Å². The molecular formula is C19H15N3O3. The molecule has 0 radical (unpaired) electrons. The molecule has 3 heterocycles. The van der Waals surface area contributed by atoms with Crippen molar-refractivity contribution in [3.8, 4) is 0 Å². The molecule has 0 saturated heterocycles. The molecule has 1 aromatic carbocycles. The number of aryl methyl sites for hydroxylation is 1. The van der Waals surface area contributed by atoms with Gasteiger partial charge in [0, 0.05) is 12.7 Å². The summed E-state index contributed by atoms with van der Waals surface area (Å²) in [5.74, 6) is -1.08. The first kappa shape index (κ1) is 15.1. The van der Waals surface area contributed by atoms with E-state index in [-0.39, 0.29) is 11.3 Å². The standard InChI is InChI=1S/C19H15N3O3/c1-12-5-7-13(8-6-12)11-22-15(19(24)25)10-14-17(22)20-16-4-2-3-9-21(16)18(14)23/h2-10H,11H2,1H3,(H,24,25). The second-order valence-corrected chi connectivity index (χ2v) is 5.99. The average Bonchev–Trinajstić information content (AvgIpc) is 2.96. The van der Waals surface area contributed by atoms with Crippen molar-refractivity contribution in [1.29, 1.82) is 0 Å². The van der Waals surface area contributed by atoms with Crippen molar-refractivity contribution in [3.05, 3.63) is 81.9 Å². The highest BCUT2D eigenvalue weighted by molar-refractivity contribution is 5.93. The number of aromatic carboxylic acids is 1. The van der Waals surface area contributed by atoms with E-state index in [1.807, 2.05) is 31.2 Å². The van der Waals surface area contributed by atoms with Gasteiger partial charge in [-0.2, -0.15) is 0 Å². The van der Waals surface area contributed by atoms with E-state index >= 15 is 0 Å². The van der Waals surface area contributed by atoms with Crippen LogP contribution in [-0.2, 0) is 6.54 Å². The van der Waals surface area contributed by atoms with Gasteiger partial charge in [0.1, 0.15) is 17.0 Å². The number of pyridine rings is 1. The zero-order valence-electron chi connectivity index (χ0n) is 13.5. The van der Waals surface area contributed by atoms with Crippen LogP contribution in [0.2, 0.25) is 0 Å². The van der Waals surface area contributed by atoms with Gasteiger partial charge in [-0.3, -0.25) is 9.20 Å². The first-order valence-electron chi connectivity index (χ1n) is 7.84. The van der Waals surface area contributed by atoms with Crippen LogP contribution in [-0.4, -0.2) is 25.0 Å². The van der Waals surface area contributed by atoms with E-state index in [1.165, 1.54) is 10.5 Å². The summed E-state index contributed by atoms with van der Waals surface area (Å²) in [5.41, 5.74) is 2.72. The summed E-state index contributed by atoms with van der Waals surface area (Å²) in [6.45, 7) is 2.33. The highest BCUT2D eigenvalue weighted by Gasteiger charge is 2.19. The van der Waals surface area contributed by atoms with E-state index < -0.39 is 5.97 Å². The summed E-state index contributed by atoms with van der Waals surface area (Å²) in [5, 5.41) is 9.86. The Balaban J connectivity index is 2.00. The van der Waals surface area contributed by atoms with E-state index in [0.29, 0.717) is 23.2 Å². The van der Waals surface area contributed by atoms with Crippen molar-refractivity contribution in [3.63, 3.8) is 0 Å². The fraction of sp³-hybridized carbons (Fsp3) is 0.105. The first-order valence-corrected chi connectivity index (χ1v) is 7.84. The molecule has 4 aromatic rings. The summed E-state index contributed by atoms with van der Waals surface area (Å²) in [6, 6.07) is 14.5. The van der Waals surface area contributed by atoms with Crippen molar-refractivity contribution in [2.45, 2.75) is 13.5 Å². The molecule has 3 aromatic heterocycles. The first-order chi connectivity index (χ1) is 12.0. The lowest BCUT2D eigenvalue weighted by molar-refractivity contribution is 0.0686. The van der Waals surface area contributed by atoms with E-state index in [9.17, 15) is 14.7 Å². The number of benzene rings is 1. The van der Waals surface area contributed by atoms with Crippen LogP contribution in [0.1, 0.15) is 21.6 Å². The van der Waals surface area contributed by atoms with Crippen LogP contribution in [0, 0.1) is 6.92 Å². The molecule has 0 atom stereocenters. The van der Waals surface area contributed by atoms with Crippen LogP contribution >= 0.6 is 0 Å². The molecule has 124 valence electrons. The van der Waals surface area contributed by atoms with E-state index in [4.69, 9.17) is 0 Å². The summed E-state index contributed by atoms with van der Waals surface area (Å²) in [7, 11) is 0. The van der Waals surface area contributed by atoms with Crippen molar-refractivity contribution >= 4 is 22.6 Å². The van der Waals surface area contributed by atoms with Crippen molar-refractivity contribution in [2.75, 3.05) is 0 Å². The van der Waals surface area contributed by atoms with E-state index in [2.05, 4.69) is 4.98 Å². The summed E-state index contributed by atoms with van der Waals surface area (Å²) in [6.07, 6.45) is 1.63. The van der Waals surface area contributed by atoms with Crippen LogP contribution in [0.4, 0.5) is 0 Å². The Hall–Kier alpha value is -3.41. The Morgan fingerprint density at radius 2 is 1.92 bits per heavy atom. The number of carboxylic acid groups (broad SMARTS) is 1. The lowest BCUT2D eigenvalue weighted by atomic mass is 10.1. The Morgan fingerprint density at radius 3 is 2.64 bits per heavy atom. The Kier molecular flexibility index (Phi) is 3.39. The molecule has 4 rings (SSSR count). The largest absolute Gasteiger partial charge is 0.477 e. The molecule has 0 bridgehead atoms. The molecule has 0 saturated carbocycles. The Labute approximate surface area is 142 Å². The Morgan fingerprint density at radius 1 is 1.16 bits per heavy atom. The van der Waals surface area contributed by atoms with Crippen molar-refractivity contribution < 1.29 is 9.90 Å². The number of rotatable bonds is 3. The molecule has 0 spiro atoms. The Bertz CT molecular complexity index is 1170. The van der Waals surface area contributed by atoms with Gasteiger partial charge in [0.25, 0.3) is 5.56 Å². The normalized spacial score (nSPS) is 11.2. The number of carbonyl (C=O) groups is 1. The predicted octanol–water partition coefficient (Wildman–Crippen LogP) is 2.70. The number of carboxylic acids is 1. The van der Waals surface area contributed by atoms with Gasteiger partial charge in [-0.15, -0.1) is 0 Å². The summed E-state index contributed by atoms with van der Waals surface area (Å²) < 4.78 is 3.00. The zero-order valence-corrected chi connectivity index (χ0v) is 13.5. The van der Waals surface area contributed by atoms with Crippen LogP contribution in [0.25, 0.3) is 16.7 Å². The number of aromatic nitrogens is 3. The van der Waals surface area contributed by atoms with Gasteiger partial charge in [0.05, 0.1) is 5.39 Å². The molecule has 6 heteroatoms. The minimum absolute atomic E-state index is 0.0519. The van der Waals surface area contributed by atoms with Gasteiger partial charge in [0.2, 0.25) is 0 Å². The quantitative estimate of drug-likeness (QED) is 0.625. The van der Waals surface area contributed by atoms with Gasteiger partial charge < -0.3 is 9.67 Å². The van der Waals surface area contributed by atoms with Crippen LogP contribution < -0.4 is 5.56 Å². The third-order valence-electron chi connectivity index (χ3n) is 4.26. The maximum Gasteiger partial charge on any atom is 0.352 e. The topological polar surface area (TPSA) is 76.6 Å². The number of fused-ring (bicyclic) bond motifs is 2. The molecule has 0 aliphatic rings. The van der Waals surface area contributed by atoms with Gasteiger partial charge in [-0.25, -0.2) is 9.78 Å². The molecule has 6 nitrogen and oxygen atoms in total.